The molecule has 20 heavy (non-hydrogen) atoms. The SMILES string of the molecule is Cc1cnc(Sc2ncccc2C(=O)O)c([N+](=O)[O-])c1. The number of carbonyl (C=O) groups is 1. The van der Waals surface area contributed by atoms with Crippen LogP contribution in [-0.2, 0) is 0 Å². The van der Waals surface area contributed by atoms with Crippen molar-refractivity contribution < 1.29 is 14.8 Å². The molecular formula is C12H9N3O4S. The fourth-order valence-electron chi connectivity index (χ4n) is 1.48. The van der Waals surface area contributed by atoms with E-state index in [2.05, 4.69) is 9.97 Å². The number of aromatic nitrogens is 2. The van der Waals surface area contributed by atoms with Crippen LogP contribution in [0.4, 0.5) is 5.69 Å². The summed E-state index contributed by atoms with van der Waals surface area (Å²) < 4.78 is 0. The van der Waals surface area contributed by atoms with Crippen LogP contribution in [0.3, 0.4) is 0 Å². The first-order chi connectivity index (χ1) is 9.49. The Kier molecular flexibility index (Phi) is 3.94. The van der Waals surface area contributed by atoms with Crippen molar-refractivity contribution in [2.24, 2.45) is 0 Å². The Morgan fingerprint density at radius 1 is 1.40 bits per heavy atom. The predicted molar refractivity (Wildman–Crippen MR) is 70.9 cm³/mol. The average Bonchev–Trinajstić information content (AvgIpc) is 2.41. The number of pyridine rings is 2. The molecule has 2 heterocycles. The lowest BCUT2D eigenvalue weighted by Crippen LogP contribution is -2.01. The van der Waals surface area contributed by atoms with E-state index in [0.717, 1.165) is 11.8 Å². The molecule has 0 fully saturated rings. The summed E-state index contributed by atoms with van der Waals surface area (Å²) >= 11 is 0.861. The molecule has 102 valence electrons. The molecular weight excluding hydrogens is 282 g/mol. The maximum atomic E-state index is 11.1. The van der Waals surface area contributed by atoms with Crippen molar-refractivity contribution in [1.29, 1.82) is 0 Å². The summed E-state index contributed by atoms with van der Waals surface area (Å²) in [5.74, 6) is -1.14. The monoisotopic (exact) mass is 291 g/mol. The molecule has 0 radical (unpaired) electrons. The van der Waals surface area contributed by atoms with Gasteiger partial charge in [0.2, 0.25) is 0 Å². The fourth-order valence-corrected chi connectivity index (χ4v) is 2.38. The zero-order valence-corrected chi connectivity index (χ0v) is 11.1. The lowest BCUT2D eigenvalue weighted by molar-refractivity contribution is -0.388. The molecule has 0 spiro atoms. The van der Waals surface area contributed by atoms with E-state index in [4.69, 9.17) is 5.11 Å². The largest absolute Gasteiger partial charge is 0.478 e. The van der Waals surface area contributed by atoms with Gasteiger partial charge in [-0.25, -0.2) is 14.8 Å². The first-order valence-corrected chi connectivity index (χ1v) is 6.28. The predicted octanol–water partition coefficient (Wildman–Crippen LogP) is 2.54. The van der Waals surface area contributed by atoms with Crippen molar-refractivity contribution in [3.05, 3.63) is 51.8 Å². The lowest BCUT2D eigenvalue weighted by atomic mass is 10.3. The number of carboxylic acids is 1. The summed E-state index contributed by atoms with van der Waals surface area (Å²) in [7, 11) is 0. The van der Waals surface area contributed by atoms with Gasteiger partial charge in [0.15, 0.2) is 5.03 Å². The minimum Gasteiger partial charge on any atom is -0.478 e. The summed E-state index contributed by atoms with van der Waals surface area (Å²) in [5.41, 5.74) is 0.465. The number of carboxylic acid groups (broad SMARTS) is 1. The molecule has 0 amide bonds. The van der Waals surface area contributed by atoms with Crippen LogP contribution in [0.15, 0.2) is 40.6 Å². The minimum atomic E-state index is -1.14. The normalized spacial score (nSPS) is 10.2. The number of rotatable bonds is 4. The smallest absolute Gasteiger partial charge is 0.338 e. The Morgan fingerprint density at radius 2 is 2.15 bits per heavy atom. The summed E-state index contributed by atoms with van der Waals surface area (Å²) in [4.78, 5) is 29.4. The maximum Gasteiger partial charge on any atom is 0.338 e. The second-order valence-corrected chi connectivity index (χ2v) is 4.83. The summed E-state index contributed by atoms with van der Waals surface area (Å²) in [6.07, 6.45) is 2.91. The molecule has 0 unspecified atom stereocenters. The first-order valence-electron chi connectivity index (χ1n) is 5.46. The Bertz CT molecular complexity index is 690. The zero-order chi connectivity index (χ0) is 14.7. The third-order valence-electron chi connectivity index (χ3n) is 2.36. The van der Waals surface area contributed by atoms with Crippen LogP contribution < -0.4 is 0 Å². The van der Waals surface area contributed by atoms with Crippen LogP contribution in [0.25, 0.3) is 0 Å². The summed E-state index contributed by atoms with van der Waals surface area (Å²) in [6, 6.07) is 4.26. The average molecular weight is 291 g/mol. The summed E-state index contributed by atoms with van der Waals surface area (Å²) in [5, 5.41) is 20.3. The van der Waals surface area contributed by atoms with Gasteiger partial charge >= 0.3 is 11.7 Å². The van der Waals surface area contributed by atoms with E-state index < -0.39 is 10.9 Å². The van der Waals surface area contributed by atoms with Gasteiger partial charge in [-0.3, -0.25) is 10.1 Å². The third kappa shape index (κ3) is 2.91. The van der Waals surface area contributed by atoms with Crippen LogP contribution >= 0.6 is 11.8 Å². The molecule has 7 nitrogen and oxygen atoms in total. The van der Waals surface area contributed by atoms with E-state index in [1.807, 2.05) is 0 Å². The van der Waals surface area contributed by atoms with Crippen LogP contribution in [0.5, 0.6) is 0 Å². The second-order valence-electron chi connectivity index (χ2n) is 3.86. The van der Waals surface area contributed by atoms with Crippen molar-refractivity contribution in [2.45, 2.75) is 17.0 Å². The van der Waals surface area contributed by atoms with Gasteiger partial charge in [0.1, 0.15) is 5.03 Å². The van der Waals surface area contributed by atoms with Gasteiger partial charge < -0.3 is 5.11 Å². The molecule has 0 bridgehead atoms. The standard InChI is InChI=1S/C12H9N3O4S/c1-7-5-9(15(18)19)11(14-6-7)20-10-8(12(16)17)3-2-4-13-10/h2-6H,1H3,(H,16,17). The number of aryl methyl sites for hydroxylation is 1. The van der Waals surface area contributed by atoms with Crippen molar-refractivity contribution in [3.63, 3.8) is 0 Å². The lowest BCUT2D eigenvalue weighted by Gasteiger charge is -2.04. The highest BCUT2D eigenvalue weighted by atomic mass is 32.2. The number of nitrogens with zero attached hydrogens (tertiary/aromatic N) is 3. The van der Waals surface area contributed by atoms with E-state index in [9.17, 15) is 14.9 Å². The van der Waals surface area contributed by atoms with Gasteiger partial charge in [-0.1, -0.05) is 0 Å². The Morgan fingerprint density at radius 3 is 2.80 bits per heavy atom. The Hall–Kier alpha value is -2.48. The molecule has 0 aliphatic heterocycles. The van der Waals surface area contributed by atoms with E-state index in [1.165, 1.54) is 30.6 Å². The highest BCUT2D eigenvalue weighted by Crippen LogP contribution is 2.33. The minimum absolute atomic E-state index is 0.0193. The van der Waals surface area contributed by atoms with Crippen molar-refractivity contribution in [1.82, 2.24) is 9.97 Å². The molecule has 2 aromatic heterocycles. The van der Waals surface area contributed by atoms with Crippen LogP contribution in [0.1, 0.15) is 15.9 Å². The molecule has 1 N–H and O–H groups in total. The van der Waals surface area contributed by atoms with Gasteiger partial charge in [0.05, 0.1) is 10.5 Å². The highest BCUT2D eigenvalue weighted by molar-refractivity contribution is 7.99. The van der Waals surface area contributed by atoms with Crippen LogP contribution in [0.2, 0.25) is 0 Å². The molecule has 8 heteroatoms. The van der Waals surface area contributed by atoms with Gasteiger partial charge in [-0.2, -0.15) is 0 Å². The molecule has 2 aromatic rings. The fraction of sp³-hybridized carbons (Fsp3) is 0.0833. The maximum absolute atomic E-state index is 11.1. The molecule has 0 atom stereocenters. The van der Waals surface area contributed by atoms with Gasteiger partial charge in [0.25, 0.3) is 0 Å². The number of nitro groups is 1. The van der Waals surface area contributed by atoms with Crippen molar-refractivity contribution in [2.75, 3.05) is 0 Å². The third-order valence-corrected chi connectivity index (χ3v) is 3.39. The topological polar surface area (TPSA) is 106 Å². The number of aromatic carboxylic acids is 1. The second kappa shape index (κ2) is 5.66. The van der Waals surface area contributed by atoms with Crippen LogP contribution in [-0.4, -0.2) is 26.0 Å². The van der Waals surface area contributed by atoms with Gasteiger partial charge in [0, 0.05) is 18.5 Å². The molecule has 0 aliphatic carbocycles. The van der Waals surface area contributed by atoms with Crippen LogP contribution in [0, 0.1) is 17.0 Å². The number of hydrogen-bond donors (Lipinski definition) is 1. The van der Waals surface area contributed by atoms with Gasteiger partial charge in [-0.15, -0.1) is 0 Å². The molecule has 0 saturated heterocycles. The molecule has 0 aliphatic rings. The highest BCUT2D eigenvalue weighted by Gasteiger charge is 2.20. The van der Waals surface area contributed by atoms with Gasteiger partial charge in [-0.05, 0) is 36.4 Å². The van der Waals surface area contributed by atoms with E-state index >= 15 is 0 Å². The zero-order valence-electron chi connectivity index (χ0n) is 10.3. The summed E-state index contributed by atoms with van der Waals surface area (Å²) in [6.45, 7) is 1.69. The Labute approximate surface area is 117 Å². The molecule has 0 aromatic carbocycles. The van der Waals surface area contributed by atoms with E-state index in [1.54, 1.807) is 6.92 Å². The molecule has 0 saturated carbocycles. The van der Waals surface area contributed by atoms with Crippen molar-refractivity contribution >= 4 is 23.4 Å². The van der Waals surface area contributed by atoms with E-state index in [-0.39, 0.29) is 21.3 Å². The van der Waals surface area contributed by atoms with E-state index in [0.29, 0.717) is 5.56 Å². The van der Waals surface area contributed by atoms with Crippen molar-refractivity contribution in [3.8, 4) is 0 Å². The number of hydrogen-bond acceptors (Lipinski definition) is 6. The quantitative estimate of drug-likeness (QED) is 0.681. The molecule has 2 rings (SSSR count). The Balaban J connectivity index is 2.45. The first kappa shape index (κ1) is 13.9.